The molecule has 0 aliphatic rings. The number of carbonyl (C=O) groups is 1. The Balaban J connectivity index is 2.56. The Bertz CT molecular complexity index is 545. The summed E-state index contributed by atoms with van der Waals surface area (Å²) in [5.41, 5.74) is -0.597. The van der Waals surface area contributed by atoms with Gasteiger partial charge in [-0.1, -0.05) is 4.49 Å². The van der Waals surface area contributed by atoms with Crippen LogP contribution in [0.15, 0.2) is 22.8 Å². The molecule has 0 aliphatic heterocycles. The van der Waals surface area contributed by atoms with E-state index in [0.717, 1.165) is 17.6 Å². The zero-order valence-electron chi connectivity index (χ0n) is 7.58. The molecule has 2 rings (SSSR count). The highest BCUT2D eigenvalue weighted by Crippen LogP contribution is 2.24. The van der Waals surface area contributed by atoms with E-state index in [0.29, 0.717) is 0 Å². The van der Waals surface area contributed by atoms with E-state index in [-0.39, 0.29) is 9.35 Å². The Hall–Kier alpha value is -1.21. The van der Waals surface area contributed by atoms with E-state index < -0.39 is 23.0 Å². The minimum absolute atomic E-state index is 0.0368. The van der Waals surface area contributed by atoms with Gasteiger partial charge < -0.3 is 0 Å². The van der Waals surface area contributed by atoms with E-state index in [1.807, 2.05) is 0 Å². The monoisotopic (exact) mass is 304 g/mol. The lowest BCUT2D eigenvalue weighted by Crippen LogP contribution is -2.06. The number of carbonyl (C=O) groups excluding carboxylic acids is 1. The van der Waals surface area contributed by atoms with Crippen LogP contribution in [-0.2, 0) is 0 Å². The SMILES string of the molecule is O=C(c1cnns1)c1c(F)ccc(Br)c1F. The summed E-state index contributed by atoms with van der Waals surface area (Å²) in [6.45, 7) is 0. The van der Waals surface area contributed by atoms with Gasteiger partial charge in [0, 0.05) is 0 Å². The second-order valence-electron chi connectivity index (χ2n) is 2.83. The lowest BCUT2D eigenvalue weighted by molar-refractivity contribution is 0.103. The third-order valence-corrected chi connectivity index (χ3v) is 3.13. The summed E-state index contributed by atoms with van der Waals surface area (Å²) in [5, 5.41) is 3.44. The third-order valence-electron chi connectivity index (χ3n) is 1.86. The summed E-state index contributed by atoms with van der Waals surface area (Å²) in [6, 6.07) is 2.22. The highest BCUT2D eigenvalue weighted by atomic mass is 79.9. The largest absolute Gasteiger partial charge is 0.287 e. The molecular weight excluding hydrogens is 302 g/mol. The molecule has 16 heavy (non-hydrogen) atoms. The minimum atomic E-state index is -0.918. The first-order valence-electron chi connectivity index (χ1n) is 4.07. The molecule has 1 aromatic heterocycles. The van der Waals surface area contributed by atoms with Crippen molar-refractivity contribution in [3.63, 3.8) is 0 Å². The minimum Gasteiger partial charge on any atom is -0.287 e. The normalized spacial score (nSPS) is 10.4. The van der Waals surface area contributed by atoms with E-state index in [4.69, 9.17) is 0 Å². The summed E-state index contributed by atoms with van der Waals surface area (Å²) in [6.07, 6.45) is 1.17. The van der Waals surface area contributed by atoms with E-state index in [2.05, 4.69) is 25.5 Å². The number of hydrogen-bond donors (Lipinski definition) is 0. The van der Waals surface area contributed by atoms with E-state index in [9.17, 15) is 13.6 Å². The third kappa shape index (κ3) is 1.88. The first-order valence-corrected chi connectivity index (χ1v) is 5.63. The fourth-order valence-corrected chi connectivity index (χ4v) is 1.92. The lowest BCUT2D eigenvalue weighted by atomic mass is 10.1. The van der Waals surface area contributed by atoms with Crippen LogP contribution in [0.3, 0.4) is 0 Å². The summed E-state index contributed by atoms with van der Waals surface area (Å²) in [4.78, 5) is 11.8. The van der Waals surface area contributed by atoms with Gasteiger partial charge in [-0.15, -0.1) is 5.10 Å². The highest BCUT2D eigenvalue weighted by molar-refractivity contribution is 9.10. The van der Waals surface area contributed by atoms with E-state index in [1.165, 1.54) is 12.3 Å². The van der Waals surface area contributed by atoms with Crippen LogP contribution in [0.5, 0.6) is 0 Å². The number of benzene rings is 1. The van der Waals surface area contributed by atoms with E-state index >= 15 is 0 Å². The number of rotatable bonds is 2. The van der Waals surface area contributed by atoms with Gasteiger partial charge in [0.2, 0.25) is 5.78 Å². The number of aromatic nitrogens is 2. The second kappa shape index (κ2) is 4.34. The van der Waals surface area contributed by atoms with Crippen LogP contribution in [0, 0.1) is 11.6 Å². The topological polar surface area (TPSA) is 42.9 Å². The smallest absolute Gasteiger partial charge is 0.212 e. The number of ketones is 1. The molecule has 0 atom stereocenters. The molecule has 1 aromatic carbocycles. The summed E-state index contributed by atoms with van der Waals surface area (Å²) < 4.78 is 30.4. The van der Waals surface area contributed by atoms with Crippen LogP contribution in [0.2, 0.25) is 0 Å². The van der Waals surface area contributed by atoms with Gasteiger partial charge in [0.25, 0.3) is 0 Å². The van der Waals surface area contributed by atoms with Crippen LogP contribution in [0.25, 0.3) is 0 Å². The number of nitrogens with zero attached hydrogens (tertiary/aromatic N) is 2. The van der Waals surface area contributed by atoms with Crippen LogP contribution in [0.1, 0.15) is 15.2 Å². The Morgan fingerprint density at radius 3 is 2.75 bits per heavy atom. The van der Waals surface area contributed by atoms with Gasteiger partial charge >= 0.3 is 0 Å². The molecule has 3 nitrogen and oxygen atoms in total. The summed E-state index contributed by atoms with van der Waals surface area (Å²) in [7, 11) is 0. The van der Waals surface area contributed by atoms with Crippen molar-refractivity contribution < 1.29 is 13.6 Å². The molecule has 0 aliphatic carbocycles. The predicted molar refractivity (Wildman–Crippen MR) is 57.4 cm³/mol. The van der Waals surface area contributed by atoms with Gasteiger partial charge in [-0.2, -0.15) is 0 Å². The molecule has 1 heterocycles. The highest BCUT2D eigenvalue weighted by Gasteiger charge is 2.22. The summed E-state index contributed by atoms with van der Waals surface area (Å²) in [5.74, 6) is -2.58. The maximum atomic E-state index is 13.6. The maximum Gasteiger partial charge on any atom is 0.212 e. The van der Waals surface area contributed by atoms with Gasteiger partial charge in [-0.3, -0.25) is 4.79 Å². The average Bonchev–Trinajstić information content (AvgIpc) is 2.77. The Morgan fingerprint density at radius 2 is 2.12 bits per heavy atom. The van der Waals surface area contributed by atoms with Crippen molar-refractivity contribution in [1.82, 2.24) is 9.59 Å². The summed E-state index contributed by atoms with van der Waals surface area (Å²) >= 11 is 3.68. The Morgan fingerprint density at radius 1 is 1.38 bits per heavy atom. The van der Waals surface area contributed by atoms with Crippen molar-refractivity contribution in [2.75, 3.05) is 0 Å². The number of halogens is 3. The predicted octanol–water partition coefficient (Wildman–Crippen LogP) is 2.81. The quantitative estimate of drug-likeness (QED) is 0.633. The van der Waals surface area contributed by atoms with Gasteiger partial charge in [0.15, 0.2) is 5.82 Å². The standard InChI is InChI=1S/C9H3BrF2N2OS/c10-4-1-2-5(11)7(8(4)12)9(15)6-3-13-14-16-6/h1-3H. The van der Waals surface area contributed by atoms with Gasteiger partial charge in [0.1, 0.15) is 10.7 Å². The van der Waals surface area contributed by atoms with Crippen LogP contribution in [-0.4, -0.2) is 15.4 Å². The molecule has 0 bridgehead atoms. The molecule has 0 N–H and O–H groups in total. The molecule has 82 valence electrons. The first kappa shape index (κ1) is 11.3. The fourth-order valence-electron chi connectivity index (χ4n) is 1.13. The van der Waals surface area contributed by atoms with Crippen molar-refractivity contribution in [2.45, 2.75) is 0 Å². The molecule has 0 spiro atoms. The Labute approximate surface area is 101 Å². The molecule has 0 unspecified atom stereocenters. The van der Waals surface area contributed by atoms with E-state index in [1.54, 1.807) is 0 Å². The van der Waals surface area contributed by atoms with Crippen molar-refractivity contribution in [3.05, 3.63) is 44.9 Å². The van der Waals surface area contributed by atoms with Crippen LogP contribution >= 0.6 is 27.5 Å². The average molecular weight is 305 g/mol. The fraction of sp³-hybridized carbons (Fsp3) is 0. The van der Waals surface area contributed by atoms with Gasteiger partial charge in [0.05, 0.1) is 16.2 Å². The first-order chi connectivity index (χ1) is 7.61. The van der Waals surface area contributed by atoms with Crippen molar-refractivity contribution in [1.29, 1.82) is 0 Å². The maximum absolute atomic E-state index is 13.6. The molecule has 0 amide bonds. The lowest BCUT2D eigenvalue weighted by Gasteiger charge is -2.03. The molecule has 0 radical (unpaired) electrons. The number of hydrogen-bond acceptors (Lipinski definition) is 4. The molecule has 7 heteroatoms. The van der Waals surface area contributed by atoms with Crippen molar-refractivity contribution in [2.24, 2.45) is 0 Å². The van der Waals surface area contributed by atoms with Gasteiger partial charge in [-0.05, 0) is 39.6 Å². The van der Waals surface area contributed by atoms with Gasteiger partial charge in [-0.25, -0.2) is 8.78 Å². The molecule has 0 saturated heterocycles. The Kier molecular flexibility index (Phi) is 3.06. The van der Waals surface area contributed by atoms with Crippen molar-refractivity contribution >= 4 is 33.2 Å². The molecular formula is C9H3BrF2N2OS. The zero-order chi connectivity index (χ0) is 11.7. The zero-order valence-corrected chi connectivity index (χ0v) is 9.98. The van der Waals surface area contributed by atoms with Crippen LogP contribution < -0.4 is 0 Å². The molecule has 2 aromatic rings. The molecule has 0 saturated carbocycles. The van der Waals surface area contributed by atoms with Crippen LogP contribution in [0.4, 0.5) is 8.78 Å². The van der Waals surface area contributed by atoms with Crippen molar-refractivity contribution in [3.8, 4) is 0 Å². The second-order valence-corrected chi connectivity index (χ2v) is 4.47. The molecule has 0 fully saturated rings.